The van der Waals surface area contributed by atoms with E-state index in [2.05, 4.69) is 22.6 Å². The number of unbranched alkanes of at least 4 members (excludes halogenated alkanes) is 1. The zero-order valence-corrected chi connectivity index (χ0v) is 14.1. The molecule has 126 valence electrons. The fraction of sp³-hybridized carbons (Fsp3) is 0.562. The number of nitrogens with one attached hydrogen (secondary N) is 1. The van der Waals surface area contributed by atoms with Crippen LogP contribution in [0.5, 0.6) is 0 Å². The monoisotopic (exact) mass is 320 g/mol. The quantitative estimate of drug-likeness (QED) is 0.805. The standard InChI is InChI=1S/C16H24N4O3/c1-5-6-7-14(16(21)17-15-9-12(3)23-19-15)20(4)10-13-8-11(2)22-18-13/h8-9,14H,5-7,10H2,1-4H3,(H,17,19,21). The summed E-state index contributed by atoms with van der Waals surface area (Å²) in [4.78, 5) is 14.6. The molecule has 2 rings (SSSR count). The summed E-state index contributed by atoms with van der Waals surface area (Å²) in [6, 6.07) is 3.33. The van der Waals surface area contributed by atoms with Crippen molar-refractivity contribution in [2.45, 2.75) is 52.6 Å². The lowest BCUT2D eigenvalue weighted by Gasteiger charge is -2.25. The molecule has 0 aliphatic heterocycles. The number of aryl methyl sites for hydroxylation is 2. The summed E-state index contributed by atoms with van der Waals surface area (Å²) in [5, 5.41) is 10.6. The smallest absolute Gasteiger partial charge is 0.242 e. The number of nitrogens with zero attached hydrogens (tertiary/aromatic N) is 3. The van der Waals surface area contributed by atoms with Crippen molar-refractivity contribution in [3.8, 4) is 0 Å². The Bertz CT molecular complexity index is 635. The number of amides is 1. The van der Waals surface area contributed by atoms with Crippen LogP contribution in [0.3, 0.4) is 0 Å². The molecule has 1 amide bonds. The lowest BCUT2D eigenvalue weighted by molar-refractivity contribution is -0.121. The molecule has 1 unspecified atom stereocenters. The first-order valence-electron chi connectivity index (χ1n) is 7.86. The van der Waals surface area contributed by atoms with E-state index < -0.39 is 0 Å². The molecule has 0 aliphatic rings. The summed E-state index contributed by atoms with van der Waals surface area (Å²) in [6.45, 7) is 6.30. The maximum absolute atomic E-state index is 12.6. The van der Waals surface area contributed by atoms with Crippen LogP contribution in [-0.2, 0) is 11.3 Å². The van der Waals surface area contributed by atoms with E-state index in [-0.39, 0.29) is 11.9 Å². The van der Waals surface area contributed by atoms with Crippen molar-refractivity contribution >= 4 is 11.7 Å². The van der Waals surface area contributed by atoms with Gasteiger partial charge in [-0.15, -0.1) is 0 Å². The minimum atomic E-state index is -0.260. The molecule has 7 nitrogen and oxygen atoms in total. The van der Waals surface area contributed by atoms with Crippen LogP contribution in [0.1, 0.15) is 43.4 Å². The molecule has 1 atom stereocenters. The Hall–Kier alpha value is -2.15. The number of carbonyl (C=O) groups is 1. The molecule has 2 aromatic heterocycles. The molecule has 0 radical (unpaired) electrons. The van der Waals surface area contributed by atoms with E-state index in [1.165, 1.54) is 0 Å². The molecule has 1 N–H and O–H groups in total. The third-order valence-electron chi connectivity index (χ3n) is 3.63. The van der Waals surface area contributed by atoms with Crippen LogP contribution in [0, 0.1) is 13.8 Å². The van der Waals surface area contributed by atoms with E-state index in [0.717, 1.165) is 30.7 Å². The summed E-state index contributed by atoms with van der Waals surface area (Å²) in [5.41, 5.74) is 0.816. The molecular formula is C16H24N4O3. The molecule has 0 bridgehead atoms. The maximum Gasteiger partial charge on any atom is 0.242 e. The molecule has 0 spiro atoms. The molecule has 0 saturated carbocycles. The normalized spacial score (nSPS) is 12.6. The van der Waals surface area contributed by atoms with Crippen LogP contribution in [0.2, 0.25) is 0 Å². The van der Waals surface area contributed by atoms with Crippen LogP contribution >= 0.6 is 0 Å². The van der Waals surface area contributed by atoms with E-state index >= 15 is 0 Å². The van der Waals surface area contributed by atoms with Gasteiger partial charge in [0.2, 0.25) is 5.91 Å². The van der Waals surface area contributed by atoms with Crippen LogP contribution in [-0.4, -0.2) is 34.2 Å². The second kappa shape index (κ2) is 7.92. The maximum atomic E-state index is 12.6. The minimum absolute atomic E-state index is 0.0885. The highest BCUT2D eigenvalue weighted by Crippen LogP contribution is 2.15. The van der Waals surface area contributed by atoms with Crippen molar-refractivity contribution in [1.82, 2.24) is 15.2 Å². The van der Waals surface area contributed by atoms with Crippen molar-refractivity contribution in [3.05, 3.63) is 29.3 Å². The van der Waals surface area contributed by atoms with Gasteiger partial charge >= 0.3 is 0 Å². The summed E-state index contributed by atoms with van der Waals surface area (Å²) in [6.07, 6.45) is 2.77. The average molecular weight is 320 g/mol. The highest BCUT2D eigenvalue weighted by atomic mass is 16.5. The van der Waals surface area contributed by atoms with Crippen LogP contribution < -0.4 is 5.32 Å². The molecule has 7 heteroatoms. The summed E-state index contributed by atoms with van der Waals surface area (Å²) < 4.78 is 10.1. The van der Waals surface area contributed by atoms with Gasteiger partial charge in [0.15, 0.2) is 5.82 Å². The molecule has 23 heavy (non-hydrogen) atoms. The molecule has 2 aromatic rings. The third kappa shape index (κ3) is 4.92. The van der Waals surface area contributed by atoms with Crippen molar-refractivity contribution in [3.63, 3.8) is 0 Å². The van der Waals surface area contributed by atoms with Crippen LogP contribution in [0.4, 0.5) is 5.82 Å². The zero-order valence-electron chi connectivity index (χ0n) is 14.1. The van der Waals surface area contributed by atoms with E-state index in [4.69, 9.17) is 9.05 Å². The first-order chi connectivity index (χ1) is 11.0. The number of hydrogen-bond donors (Lipinski definition) is 1. The number of aromatic nitrogens is 2. The van der Waals surface area contributed by atoms with Gasteiger partial charge in [-0.25, -0.2) is 0 Å². The third-order valence-corrected chi connectivity index (χ3v) is 3.63. The number of hydrogen-bond acceptors (Lipinski definition) is 6. The number of rotatable bonds is 8. The molecule has 2 heterocycles. The first-order valence-corrected chi connectivity index (χ1v) is 7.86. The van der Waals surface area contributed by atoms with E-state index in [9.17, 15) is 4.79 Å². The summed E-state index contributed by atoms with van der Waals surface area (Å²) in [5.74, 6) is 1.78. The van der Waals surface area contributed by atoms with Crippen molar-refractivity contribution < 1.29 is 13.8 Å². The fourth-order valence-electron chi connectivity index (χ4n) is 2.44. The topological polar surface area (TPSA) is 84.4 Å². The second-order valence-electron chi connectivity index (χ2n) is 5.81. The van der Waals surface area contributed by atoms with E-state index in [1.54, 1.807) is 13.0 Å². The number of anilines is 1. The average Bonchev–Trinajstić information content (AvgIpc) is 3.08. The van der Waals surface area contributed by atoms with E-state index in [0.29, 0.717) is 18.1 Å². The Labute approximate surface area is 136 Å². The number of carbonyl (C=O) groups excluding carboxylic acids is 1. The van der Waals surface area contributed by atoms with Gasteiger partial charge in [-0.05, 0) is 27.3 Å². The van der Waals surface area contributed by atoms with Crippen molar-refractivity contribution in [2.24, 2.45) is 0 Å². The van der Waals surface area contributed by atoms with Gasteiger partial charge < -0.3 is 14.4 Å². The first kappa shape index (κ1) is 17.2. The Morgan fingerprint density at radius 3 is 2.52 bits per heavy atom. The Morgan fingerprint density at radius 2 is 1.96 bits per heavy atom. The fourth-order valence-corrected chi connectivity index (χ4v) is 2.44. The highest BCUT2D eigenvalue weighted by molar-refractivity contribution is 5.93. The molecular weight excluding hydrogens is 296 g/mol. The lowest BCUT2D eigenvalue weighted by atomic mass is 10.1. The Morgan fingerprint density at radius 1 is 1.26 bits per heavy atom. The van der Waals surface area contributed by atoms with Crippen molar-refractivity contribution in [2.75, 3.05) is 12.4 Å². The van der Waals surface area contributed by atoms with Gasteiger partial charge in [0.05, 0.1) is 11.7 Å². The van der Waals surface area contributed by atoms with Gasteiger partial charge in [0.1, 0.15) is 11.5 Å². The van der Waals surface area contributed by atoms with Crippen molar-refractivity contribution in [1.29, 1.82) is 0 Å². The SMILES string of the molecule is CCCCC(C(=O)Nc1cc(C)on1)N(C)Cc1cc(C)on1. The molecule has 0 saturated heterocycles. The van der Waals surface area contributed by atoms with Crippen LogP contribution in [0.25, 0.3) is 0 Å². The van der Waals surface area contributed by atoms with Gasteiger partial charge in [-0.2, -0.15) is 0 Å². The summed E-state index contributed by atoms with van der Waals surface area (Å²) in [7, 11) is 1.91. The van der Waals surface area contributed by atoms with Gasteiger partial charge in [-0.3, -0.25) is 9.69 Å². The predicted octanol–water partition coefficient (Wildman–Crippen LogP) is 2.91. The lowest BCUT2D eigenvalue weighted by Crippen LogP contribution is -2.41. The zero-order chi connectivity index (χ0) is 16.8. The largest absolute Gasteiger partial charge is 0.361 e. The van der Waals surface area contributed by atoms with Gasteiger partial charge in [0.25, 0.3) is 0 Å². The molecule has 0 aromatic carbocycles. The van der Waals surface area contributed by atoms with E-state index in [1.807, 2.05) is 24.9 Å². The Kier molecular flexibility index (Phi) is 5.92. The second-order valence-corrected chi connectivity index (χ2v) is 5.81. The number of likely N-dealkylation sites (N-methyl/N-ethyl adjacent to an activating group) is 1. The molecule has 0 aliphatic carbocycles. The van der Waals surface area contributed by atoms with Crippen LogP contribution in [0.15, 0.2) is 21.2 Å². The highest BCUT2D eigenvalue weighted by Gasteiger charge is 2.24. The summed E-state index contributed by atoms with van der Waals surface area (Å²) >= 11 is 0. The Balaban J connectivity index is 2.03. The van der Waals surface area contributed by atoms with Gasteiger partial charge in [0, 0.05) is 18.7 Å². The minimum Gasteiger partial charge on any atom is -0.361 e. The van der Waals surface area contributed by atoms with Gasteiger partial charge in [-0.1, -0.05) is 30.1 Å². The predicted molar refractivity (Wildman–Crippen MR) is 85.9 cm³/mol. The molecule has 0 fully saturated rings.